The Kier molecular flexibility index (Phi) is 11.8. The number of aliphatic carboxylic acids is 1. The zero-order valence-corrected chi connectivity index (χ0v) is 26.7. The van der Waals surface area contributed by atoms with Crippen molar-refractivity contribution >= 4 is 34.3 Å². The van der Waals surface area contributed by atoms with Gasteiger partial charge in [0, 0.05) is 40.7 Å². The van der Waals surface area contributed by atoms with Gasteiger partial charge in [-0.15, -0.1) is 0 Å². The number of nitrogens with two attached hydrogens (primary N) is 1. The number of anilines is 2. The quantitative estimate of drug-likeness (QED) is 0.0935. The third kappa shape index (κ3) is 9.37. The van der Waals surface area contributed by atoms with Gasteiger partial charge in [0.05, 0.1) is 25.4 Å². The van der Waals surface area contributed by atoms with Crippen LogP contribution in [0.5, 0.6) is 11.5 Å². The first kappa shape index (κ1) is 36.9. The van der Waals surface area contributed by atoms with Gasteiger partial charge in [0.25, 0.3) is 0 Å². The highest BCUT2D eigenvalue weighted by molar-refractivity contribution is 5.92. The molecule has 2 aromatic carbocycles. The fourth-order valence-corrected chi connectivity index (χ4v) is 4.29. The standard InChI is InChI=1S/C30H29F2N7O4.C2HF3O2/c1-17-12-19(8-9-34-17)36-28-26(41-3)15-35-29(37-28)27-21-6-4-5-7-25(21)39(38-27)16-22-23(31)13-20(14-24(22)32)42-10-11-43-30(40)18(2)33;3-2(4,5)1(6)7/h4-9,12-15,18H,10-11,16,33H2,1-3H3,(H,34,35,36,37);(H,6,7)/t18-;/m0./s1. The number of carboxylic acid groups (broad SMARTS) is 1. The molecule has 264 valence electrons. The Balaban J connectivity index is 0.000000727. The number of aryl methyl sites for hydroxylation is 1. The van der Waals surface area contributed by atoms with Crippen molar-refractivity contribution in [3.05, 3.63) is 83.8 Å². The summed E-state index contributed by atoms with van der Waals surface area (Å²) in [5.41, 5.74) is 7.86. The number of hydrogen-bond acceptors (Lipinski definition) is 11. The number of benzene rings is 2. The molecule has 0 aliphatic heterocycles. The topological polar surface area (TPSA) is 177 Å². The van der Waals surface area contributed by atoms with E-state index < -0.39 is 35.8 Å². The average Bonchev–Trinajstić information content (AvgIpc) is 3.43. The molecule has 13 nitrogen and oxygen atoms in total. The fraction of sp³-hybridized carbons (Fsp3) is 0.250. The van der Waals surface area contributed by atoms with Crippen molar-refractivity contribution in [3.8, 4) is 23.0 Å². The summed E-state index contributed by atoms with van der Waals surface area (Å²) >= 11 is 0. The van der Waals surface area contributed by atoms with Crippen LogP contribution in [-0.2, 0) is 20.9 Å². The summed E-state index contributed by atoms with van der Waals surface area (Å²) in [4.78, 5) is 33.7. The lowest BCUT2D eigenvalue weighted by molar-refractivity contribution is -0.192. The van der Waals surface area contributed by atoms with Gasteiger partial charge in [0.1, 0.15) is 42.3 Å². The molecule has 3 aromatic heterocycles. The Morgan fingerprint density at radius 3 is 2.36 bits per heavy atom. The smallest absolute Gasteiger partial charge is 0.490 e. The lowest BCUT2D eigenvalue weighted by atomic mass is 10.1. The van der Waals surface area contributed by atoms with E-state index in [-0.39, 0.29) is 31.1 Å². The van der Waals surface area contributed by atoms with Crippen molar-refractivity contribution in [2.45, 2.75) is 32.6 Å². The summed E-state index contributed by atoms with van der Waals surface area (Å²) in [6.45, 7) is 2.95. The number of rotatable bonds is 11. The van der Waals surface area contributed by atoms with Gasteiger partial charge in [-0.25, -0.2) is 23.5 Å². The maximum absolute atomic E-state index is 15.1. The van der Waals surface area contributed by atoms with E-state index in [9.17, 15) is 18.0 Å². The maximum Gasteiger partial charge on any atom is 0.490 e. The number of carboxylic acids is 1. The number of carbonyl (C=O) groups excluding carboxylic acids is 1. The SMILES string of the molecule is COc1cnc(-c2nn(Cc3c(F)cc(OCCOC(=O)[C@H](C)N)cc3F)c3ccccc23)nc1Nc1ccnc(C)c1.O=C(O)C(F)(F)F. The summed E-state index contributed by atoms with van der Waals surface area (Å²) in [5, 5.41) is 15.7. The number of carbonyl (C=O) groups is 2. The van der Waals surface area contributed by atoms with Crippen LogP contribution in [0.25, 0.3) is 22.4 Å². The number of nitrogens with one attached hydrogen (secondary N) is 1. The molecular formula is C32H30F5N7O6. The lowest BCUT2D eigenvalue weighted by Crippen LogP contribution is -2.29. The normalized spacial score (nSPS) is 11.7. The minimum absolute atomic E-state index is 0.0438. The molecule has 0 saturated carbocycles. The van der Waals surface area contributed by atoms with E-state index in [0.29, 0.717) is 34.0 Å². The molecule has 5 aromatic rings. The molecule has 0 radical (unpaired) electrons. The Labute approximate surface area is 280 Å². The first-order valence-corrected chi connectivity index (χ1v) is 14.6. The minimum Gasteiger partial charge on any atom is -0.491 e. The van der Waals surface area contributed by atoms with Crippen molar-refractivity contribution in [3.63, 3.8) is 0 Å². The van der Waals surface area contributed by atoms with E-state index in [1.807, 2.05) is 25.1 Å². The predicted molar refractivity (Wildman–Crippen MR) is 169 cm³/mol. The van der Waals surface area contributed by atoms with Crippen molar-refractivity contribution < 1.29 is 50.9 Å². The largest absolute Gasteiger partial charge is 0.491 e. The summed E-state index contributed by atoms with van der Waals surface area (Å²) < 4.78 is 79.2. The van der Waals surface area contributed by atoms with E-state index in [1.54, 1.807) is 24.4 Å². The van der Waals surface area contributed by atoms with Crippen LogP contribution in [0.4, 0.5) is 33.5 Å². The molecule has 0 aliphatic carbocycles. The van der Waals surface area contributed by atoms with Gasteiger partial charge in [-0.1, -0.05) is 18.2 Å². The molecule has 0 bridgehead atoms. The first-order chi connectivity index (χ1) is 23.7. The first-order valence-electron chi connectivity index (χ1n) is 14.6. The van der Waals surface area contributed by atoms with E-state index in [4.69, 9.17) is 29.8 Å². The number of halogens is 5. The van der Waals surface area contributed by atoms with Crippen LogP contribution in [0.15, 0.2) is 60.9 Å². The van der Waals surface area contributed by atoms with Crippen LogP contribution >= 0.6 is 0 Å². The summed E-state index contributed by atoms with van der Waals surface area (Å²) in [6, 6.07) is 12.3. The van der Waals surface area contributed by atoms with Gasteiger partial charge in [-0.05, 0) is 32.0 Å². The Hall–Kier alpha value is -5.91. The van der Waals surface area contributed by atoms with Gasteiger partial charge >= 0.3 is 18.1 Å². The fourth-order valence-electron chi connectivity index (χ4n) is 4.29. The summed E-state index contributed by atoms with van der Waals surface area (Å²) in [6.07, 6.45) is -1.87. The molecule has 0 spiro atoms. The lowest BCUT2D eigenvalue weighted by Gasteiger charge is -2.12. The van der Waals surface area contributed by atoms with Crippen LogP contribution in [0.1, 0.15) is 18.2 Å². The van der Waals surface area contributed by atoms with Crippen LogP contribution in [0, 0.1) is 18.6 Å². The highest BCUT2D eigenvalue weighted by Gasteiger charge is 2.38. The molecular weight excluding hydrogens is 673 g/mol. The van der Waals surface area contributed by atoms with Crippen LogP contribution < -0.4 is 20.5 Å². The predicted octanol–water partition coefficient (Wildman–Crippen LogP) is 5.18. The molecule has 0 fully saturated rings. The number of fused-ring (bicyclic) bond motifs is 1. The van der Waals surface area contributed by atoms with Gasteiger partial charge < -0.3 is 30.4 Å². The maximum atomic E-state index is 15.1. The third-order valence-corrected chi connectivity index (χ3v) is 6.64. The van der Waals surface area contributed by atoms with Crippen molar-refractivity contribution in [1.29, 1.82) is 0 Å². The van der Waals surface area contributed by atoms with Crippen LogP contribution in [0.2, 0.25) is 0 Å². The molecule has 5 rings (SSSR count). The van der Waals surface area contributed by atoms with Gasteiger partial charge in [0.2, 0.25) is 0 Å². The number of para-hydroxylation sites is 1. The molecule has 50 heavy (non-hydrogen) atoms. The summed E-state index contributed by atoms with van der Waals surface area (Å²) in [7, 11) is 1.52. The number of nitrogens with zero attached hydrogens (tertiary/aromatic N) is 5. The van der Waals surface area contributed by atoms with Gasteiger partial charge in [-0.3, -0.25) is 14.5 Å². The summed E-state index contributed by atoms with van der Waals surface area (Å²) in [5.74, 6) is -3.91. The highest BCUT2D eigenvalue weighted by atomic mass is 19.4. The van der Waals surface area contributed by atoms with E-state index in [2.05, 4.69) is 25.4 Å². The van der Waals surface area contributed by atoms with Gasteiger partial charge in [0.15, 0.2) is 17.4 Å². The van der Waals surface area contributed by atoms with E-state index in [1.165, 1.54) is 24.9 Å². The number of pyridine rings is 1. The molecule has 0 aliphatic rings. The van der Waals surface area contributed by atoms with Gasteiger partial charge in [-0.2, -0.15) is 18.3 Å². The van der Waals surface area contributed by atoms with E-state index in [0.717, 1.165) is 23.5 Å². The minimum atomic E-state index is -5.08. The Morgan fingerprint density at radius 1 is 1.06 bits per heavy atom. The van der Waals surface area contributed by atoms with E-state index >= 15 is 8.78 Å². The van der Waals surface area contributed by atoms with Crippen molar-refractivity contribution in [2.75, 3.05) is 25.6 Å². The molecule has 0 amide bonds. The molecule has 18 heteroatoms. The zero-order chi connectivity index (χ0) is 36.6. The Morgan fingerprint density at radius 2 is 1.74 bits per heavy atom. The molecule has 3 heterocycles. The average molecular weight is 704 g/mol. The van der Waals surface area contributed by atoms with Crippen LogP contribution in [0.3, 0.4) is 0 Å². The second-order valence-corrected chi connectivity index (χ2v) is 10.4. The molecule has 4 N–H and O–H groups in total. The monoisotopic (exact) mass is 703 g/mol. The Bertz CT molecular complexity index is 1960. The highest BCUT2D eigenvalue weighted by Crippen LogP contribution is 2.32. The molecule has 0 saturated heterocycles. The second kappa shape index (κ2) is 16.0. The number of aromatic nitrogens is 5. The second-order valence-electron chi connectivity index (χ2n) is 10.4. The molecule has 0 unspecified atom stereocenters. The van der Waals surface area contributed by atoms with Crippen LogP contribution in [-0.4, -0.2) is 74.3 Å². The number of alkyl halides is 3. The number of ether oxygens (including phenoxy) is 3. The number of esters is 1. The van der Waals surface area contributed by atoms with Crippen molar-refractivity contribution in [1.82, 2.24) is 24.7 Å². The number of hydrogen-bond donors (Lipinski definition) is 3. The van der Waals surface area contributed by atoms with Crippen molar-refractivity contribution in [2.24, 2.45) is 5.73 Å². The molecule has 1 atom stereocenters. The zero-order valence-electron chi connectivity index (χ0n) is 26.7. The number of methoxy groups -OCH3 is 1. The third-order valence-electron chi connectivity index (χ3n) is 6.64.